The number of methoxy groups -OCH3 is 1. The van der Waals surface area contributed by atoms with Crippen LogP contribution in [0.25, 0.3) is 0 Å². The Hall–Kier alpha value is -1.89. The van der Waals surface area contributed by atoms with Gasteiger partial charge in [-0.2, -0.15) is 0 Å². The summed E-state index contributed by atoms with van der Waals surface area (Å²) in [5.41, 5.74) is 6.59. The quantitative estimate of drug-likeness (QED) is 0.629. The molecule has 7 heteroatoms. The first-order valence-corrected chi connectivity index (χ1v) is 6.65. The van der Waals surface area contributed by atoms with E-state index in [1.807, 2.05) is 13.8 Å². The maximum Gasteiger partial charge on any atom is 0.242 e. The molecule has 0 spiro atoms. The normalized spacial score (nSPS) is 12.0. The van der Waals surface area contributed by atoms with Crippen molar-refractivity contribution < 1.29 is 9.53 Å². The molecule has 112 valence electrons. The fraction of sp³-hybridized carbons (Fsp3) is 0.615. The molecule has 1 aromatic rings. The second kappa shape index (κ2) is 7.64. The van der Waals surface area contributed by atoms with Gasteiger partial charge in [0, 0.05) is 25.6 Å². The predicted molar refractivity (Wildman–Crippen MR) is 78.5 cm³/mol. The smallest absolute Gasteiger partial charge is 0.242 e. The van der Waals surface area contributed by atoms with Gasteiger partial charge in [-0.1, -0.05) is 6.92 Å². The molecule has 0 saturated carbocycles. The molecule has 0 aliphatic rings. The molecule has 0 bridgehead atoms. The van der Waals surface area contributed by atoms with Crippen molar-refractivity contribution in [3.05, 3.63) is 11.4 Å². The van der Waals surface area contributed by atoms with Crippen molar-refractivity contribution >= 4 is 17.5 Å². The molecule has 0 aromatic carbocycles. The molecule has 0 aliphatic heterocycles. The molecule has 20 heavy (non-hydrogen) atoms. The van der Waals surface area contributed by atoms with Crippen molar-refractivity contribution in [2.75, 3.05) is 31.3 Å². The van der Waals surface area contributed by atoms with Gasteiger partial charge < -0.3 is 21.1 Å². The van der Waals surface area contributed by atoms with Crippen molar-refractivity contribution in [1.29, 1.82) is 0 Å². The van der Waals surface area contributed by atoms with Gasteiger partial charge >= 0.3 is 0 Å². The summed E-state index contributed by atoms with van der Waals surface area (Å²) in [6, 6.07) is -0.412. The number of aryl methyl sites for hydroxylation is 1. The number of ether oxygens (including phenoxy) is 1. The van der Waals surface area contributed by atoms with E-state index in [9.17, 15) is 4.79 Å². The fourth-order valence-corrected chi connectivity index (χ4v) is 1.58. The summed E-state index contributed by atoms with van der Waals surface area (Å²) in [6.07, 6.45) is 0.688. The second-order valence-corrected chi connectivity index (χ2v) is 4.50. The van der Waals surface area contributed by atoms with Gasteiger partial charge in [0.25, 0.3) is 0 Å². The molecule has 0 radical (unpaired) electrons. The summed E-state index contributed by atoms with van der Waals surface area (Å²) in [5.74, 6) is 1.58. The number of aromatic nitrogens is 2. The van der Waals surface area contributed by atoms with Crippen molar-refractivity contribution in [3.63, 3.8) is 0 Å². The minimum absolute atomic E-state index is 0.114. The van der Waals surface area contributed by atoms with Gasteiger partial charge in [-0.25, -0.2) is 9.97 Å². The van der Waals surface area contributed by atoms with E-state index >= 15 is 0 Å². The largest absolute Gasteiger partial charge is 0.383 e. The molecule has 4 N–H and O–H groups in total. The number of nitrogens with zero attached hydrogens (tertiary/aromatic N) is 2. The molecular weight excluding hydrogens is 258 g/mol. The topological polar surface area (TPSA) is 102 Å². The number of nitrogens with one attached hydrogen (secondary N) is 2. The average molecular weight is 281 g/mol. The van der Waals surface area contributed by atoms with E-state index in [0.717, 1.165) is 5.56 Å². The van der Waals surface area contributed by atoms with Crippen LogP contribution in [-0.4, -0.2) is 42.2 Å². The Balaban J connectivity index is 2.72. The lowest BCUT2D eigenvalue weighted by molar-refractivity contribution is -0.121. The molecule has 0 fully saturated rings. The van der Waals surface area contributed by atoms with Gasteiger partial charge in [0.05, 0.1) is 6.61 Å². The Bertz CT molecular complexity index is 464. The third-order valence-electron chi connectivity index (χ3n) is 2.90. The minimum Gasteiger partial charge on any atom is -0.383 e. The summed E-state index contributed by atoms with van der Waals surface area (Å²) >= 11 is 0. The summed E-state index contributed by atoms with van der Waals surface area (Å²) in [7, 11) is 1.59. The fourth-order valence-electron chi connectivity index (χ4n) is 1.58. The highest BCUT2D eigenvalue weighted by Gasteiger charge is 2.15. The van der Waals surface area contributed by atoms with E-state index in [1.54, 1.807) is 14.0 Å². The molecule has 1 rings (SSSR count). The number of nitrogen functional groups attached to an aromatic ring is 1. The monoisotopic (exact) mass is 281 g/mol. The molecule has 1 unspecified atom stereocenters. The third kappa shape index (κ3) is 4.34. The molecule has 1 aromatic heterocycles. The molecule has 1 atom stereocenters. The highest BCUT2D eigenvalue weighted by Crippen LogP contribution is 2.18. The van der Waals surface area contributed by atoms with Crippen LogP contribution in [0.3, 0.4) is 0 Å². The average Bonchev–Trinajstić information content (AvgIpc) is 2.43. The van der Waals surface area contributed by atoms with Crippen LogP contribution in [0.4, 0.5) is 11.6 Å². The molecule has 0 saturated heterocycles. The lowest BCUT2D eigenvalue weighted by atomic mass is 10.2. The number of anilines is 2. The van der Waals surface area contributed by atoms with Gasteiger partial charge in [-0.3, -0.25) is 4.79 Å². The van der Waals surface area contributed by atoms with E-state index in [4.69, 9.17) is 10.5 Å². The van der Waals surface area contributed by atoms with Crippen molar-refractivity contribution in [2.24, 2.45) is 0 Å². The van der Waals surface area contributed by atoms with Gasteiger partial charge in [0.1, 0.15) is 23.5 Å². The third-order valence-corrected chi connectivity index (χ3v) is 2.90. The zero-order valence-electron chi connectivity index (χ0n) is 12.5. The van der Waals surface area contributed by atoms with Gasteiger partial charge in [-0.15, -0.1) is 0 Å². The van der Waals surface area contributed by atoms with Crippen LogP contribution in [-0.2, 0) is 16.0 Å². The van der Waals surface area contributed by atoms with Crippen LogP contribution in [0.15, 0.2) is 0 Å². The molecule has 0 aliphatic carbocycles. The number of carbonyl (C=O) groups excluding carboxylic acids is 1. The first kappa shape index (κ1) is 16.2. The van der Waals surface area contributed by atoms with E-state index in [0.29, 0.717) is 37.0 Å². The van der Waals surface area contributed by atoms with Crippen LogP contribution in [0.1, 0.15) is 25.2 Å². The standard InChI is InChI=1S/C13H23N5O2/c1-5-10-17-11(14)8(2)12(18-10)16-9(3)13(19)15-6-7-20-4/h9H,5-7H2,1-4H3,(H,15,19)(H3,14,16,17,18). The molecule has 7 nitrogen and oxygen atoms in total. The Labute approximate surface area is 119 Å². The maximum atomic E-state index is 11.9. The van der Waals surface area contributed by atoms with Gasteiger partial charge in [0.2, 0.25) is 5.91 Å². The van der Waals surface area contributed by atoms with Crippen LogP contribution >= 0.6 is 0 Å². The lowest BCUT2D eigenvalue weighted by Crippen LogP contribution is -2.39. The highest BCUT2D eigenvalue weighted by atomic mass is 16.5. The van der Waals surface area contributed by atoms with E-state index < -0.39 is 6.04 Å². The van der Waals surface area contributed by atoms with Crippen LogP contribution in [0.5, 0.6) is 0 Å². The number of amides is 1. The summed E-state index contributed by atoms with van der Waals surface area (Å²) in [6.45, 7) is 6.51. The maximum absolute atomic E-state index is 11.9. The number of carbonyl (C=O) groups is 1. The Morgan fingerprint density at radius 2 is 2.15 bits per heavy atom. The van der Waals surface area contributed by atoms with Crippen LogP contribution in [0, 0.1) is 6.92 Å². The molecular formula is C13H23N5O2. The number of hydrogen-bond donors (Lipinski definition) is 3. The van der Waals surface area contributed by atoms with E-state index in [1.165, 1.54) is 0 Å². The zero-order valence-corrected chi connectivity index (χ0v) is 12.5. The van der Waals surface area contributed by atoms with Crippen molar-refractivity contribution in [3.8, 4) is 0 Å². The summed E-state index contributed by atoms with van der Waals surface area (Å²) < 4.78 is 4.88. The van der Waals surface area contributed by atoms with Gasteiger partial charge in [-0.05, 0) is 13.8 Å². The SMILES string of the molecule is CCc1nc(N)c(C)c(NC(C)C(=O)NCCOC)n1. The Morgan fingerprint density at radius 3 is 2.75 bits per heavy atom. The lowest BCUT2D eigenvalue weighted by Gasteiger charge is -2.17. The summed E-state index contributed by atoms with van der Waals surface area (Å²) in [4.78, 5) is 20.4. The van der Waals surface area contributed by atoms with Crippen LogP contribution in [0.2, 0.25) is 0 Å². The predicted octanol–water partition coefficient (Wildman–Crippen LogP) is 0.493. The van der Waals surface area contributed by atoms with Crippen LogP contribution < -0.4 is 16.4 Å². The molecule has 1 amide bonds. The Kier molecular flexibility index (Phi) is 6.17. The molecule has 1 heterocycles. The highest BCUT2D eigenvalue weighted by molar-refractivity contribution is 5.84. The van der Waals surface area contributed by atoms with Crippen molar-refractivity contribution in [1.82, 2.24) is 15.3 Å². The number of hydrogen-bond acceptors (Lipinski definition) is 6. The number of nitrogens with two attached hydrogens (primary N) is 1. The van der Waals surface area contributed by atoms with Crippen molar-refractivity contribution in [2.45, 2.75) is 33.2 Å². The van der Waals surface area contributed by atoms with Gasteiger partial charge in [0.15, 0.2) is 0 Å². The zero-order chi connectivity index (χ0) is 15.1. The first-order chi connectivity index (χ1) is 9.49. The summed E-state index contributed by atoms with van der Waals surface area (Å²) in [5, 5.41) is 5.83. The van der Waals surface area contributed by atoms with E-state index in [2.05, 4.69) is 20.6 Å². The van der Waals surface area contributed by atoms with E-state index in [-0.39, 0.29) is 5.91 Å². The first-order valence-electron chi connectivity index (χ1n) is 6.65. The minimum atomic E-state index is -0.412. The number of rotatable bonds is 7. The Morgan fingerprint density at radius 1 is 1.45 bits per heavy atom. The second-order valence-electron chi connectivity index (χ2n) is 4.50.